The molecule has 2 amide bonds. The number of carbonyl (C=O) groups is 3. The molecule has 0 spiro atoms. The number of nitrogens with zero attached hydrogens (tertiary/aromatic N) is 2. The Morgan fingerprint density at radius 3 is 2.27 bits per heavy atom. The molecular weight excluding hydrogens is 332 g/mol. The molecule has 0 saturated carbocycles. The summed E-state index contributed by atoms with van der Waals surface area (Å²) >= 11 is 0. The van der Waals surface area contributed by atoms with Crippen LogP contribution in [-0.4, -0.2) is 58.4 Å². The Hall–Kier alpha value is -2.37. The lowest BCUT2D eigenvalue weighted by Gasteiger charge is -2.29. The van der Waals surface area contributed by atoms with Crippen LogP contribution >= 0.6 is 0 Å². The second-order valence-corrected chi connectivity index (χ2v) is 7.19. The molecule has 1 aromatic rings. The molecule has 1 atom stereocenters. The van der Waals surface area contributed by atoms with Crippen LogP contribution in [0.3, 0.4) is 0 Å². The smallest absolute Gasteiger partial charge is 0.323 e. The normalized spacial score (nSPS) is 17.5. The molecule has 1 N–H and O–H groups in total. The van der Waals surface area contributed by atoms with E-state index in [1.807, 2.05) is 37.8 Å². The fraction of sp³-hybridized carbons (Fsp3) is 0.550. The Morgan fingerprint density at radius 2 is 1.73 bits per heavy atom. The Bertz CT molecular complexity index is 691. The molecule has 26 heavy (non-hydrogen) atoms. The molecule has 1 unspecified atom stereocenters. The van der Waals surface area contributed by atoms with Gasteiger partial charge in [0, 0.05) is 31.6 Å². The van der Waals surface area contributed by atoms with Crippen molar-refractivity contribution in [2.24, 2.45) is 0 Å². The van der Waals surface area contributed by atoms with Crippen LogP contribution in [0.1, 0.15) is 53.2 Å². The molecule has 1 aliphatic rings. The molecule has 1 heterocycles. The molecule has 1 aromatic carbocycles. The van der Waals surface area contributed by atoms with E-state index < -0.39 is 5.97 Å². The summed E-state index contributed by atoms with van der Waals surface area (Å²) in [6.07, 6.45) is 2.06. The van der Waals surface area contributed by atoms with Gasteiger partial charge in [-0.1, -0.05) is 17.7 Å². The summed E-state index contributed by atoms with van der Waals surface area (Å²) in [4.78, 5) is 39.2. The largest absolute Gasteiger partial charge is 0.480 e. The first-order valence-corrected chi connectivity index (χ1v) is 9.06. The third-order valence-corrected chi connectivity index (χ3v) is 5.03. The zero-order valence-electron chi connectivity index (χ0n) is 16.0. The van der Waals surface area contributed by atoms with Crippen molar-refractivity contribution in [3.05, 3.63) is 34.4 Å². The van der Waals surface area contributed by atoms with Gasteiger partial charge in [0.1, 0.15) is 6.54 Å². The van der Waals surface area contributed by atoms with Crippen molar-refractivity contribution in [3.63, 3.8) is 0 Å². The number of likely N-dealkylation sites (tertiary alicyclic amines) is 1. The molecule has 0 bridgehead atoms. The van der Waals surface area contributed by atoms with Crippen molar-refractivity contribution in [2.75, 3.05) is 19.6 Å². The van der Waals surface area contributed by atoms with Gasteiger partial charge in [0.2, 0.25) is 5.91 Å². The van der Waals surface area contributed by atoms with Gasteiger partial charge in [-0.05, 0) is 51.2 Å². The highest BCUT2D eigenvalue weighted by atomic mass is 16.4. The minimum atomic E-state index is -1.01. The van der Waals surface area contributed by atoms with Crippen LogP contribution in [0.15, 0.2) is 12.1 Å². The average Bonchev–Trinajstić information content (AvgIpc) is 2.77. The molecule has 1 fully saturated rings. The minimum Gasteiger partial charge on any atom is -0.480 e. The van der Waals surface area contributed by atoms with Gasteiger partial charge in [-0.2, -0.15) is 0 Å². The molecule has 6 nitrogen and oxygen atoms in total. The topological polar surface area (TPSA) is 77.9 Å². The van der Waals surface area contributed by atoms with Crippen molar-refractivity contribution in [1.82, 2.24) is 9.80 Å². The van der Waals surface area contributed by atoms with E-state index in [9.17, 15) is 14.4 Å². The van der Waals surface area contributed by atoms with Gasteiger partial charge < -0.3 is 14.9 Å². The van der Waals surface area contributed by atoms with Crippen LogP contribution in [-0.2, 0) is 9.59 Å². The van der Waals surface area contributed by atoms with Crippen LogP contribution in [0, 0.1) is 20.8 Å². The standard InChI is InChI=1S/C20H28N2O4/c1-13-10-14(2)19(15(3)11-13)20(26)21-8-5-6-17(7-9-21)22(16(4)23)12-18(24)25/h10-11,17H,5-9,12H2,1-4H3,(H,24,25). The molecule has 2 rings (SSSR count). The highest BCUT2D eigenvalue weighted by molar-refractivity contribution is 5.97. The zero-order valence-corrected chi connectivity index (χ0v) is 16.0. The van der Waals surface area contributed by atoms with Crippen LogP contribution in [0.25, 0.3) is 0 Å². The van der Waals surface area contributed by atoms with Crippen LogP contribution < -0.4 is 0 Å². The van der Waals surface area contributed by atoms with Crippen molar-refractivity contribution < 1.29 is 19.5 Å². The number of hydrogen-bond donors (Lipinski definition) is 1. The van der Waals surface area contributed by atoms with Crippen LogP contribution in [0.2, 0.25) is 0 Å². The van der Waals surface area contributed by atoms with Crippen molar-refractivity contribution in [3.8, 4) is 0 Å². The maximum Gasteiger partial charge on any atom is 0.323 e. The monoisotopic (exact) mass is 360 g/mol. The van der Waals surface area contributed by atoms with E-state index in [1.54, 1.807) is 0 Å². The third-order valence-electron chi connectivity index (χ3n) is 5.03. The molecule has 142 valence electrons. The van der Waals surface area contributed by atoms with Gasteiger partial charge in [-0.25, -0.2) is 0 Å². The lowest BCUT2D eigenvalue weighted by atomic mass is 9.98. The molecule has 0 radical (unpaired) electrons. The predicted molar refractivity (Wildman–Crippen MR) is 99.2 cm³/mol. The molecule has 1 aliphatic heterocycles. The summed E-state index contributed by atoms with van der Waals surface area (Å²) in [6, 6.07) is 3.90. The van der Waals surface area contributed by atoms with E-state index >= 15 is 0 Å². The number of rotatable bonds is 4. The fourth-order valence-corrected chi connectivity index (χ4v) is 3.91. The van der Waals surface area contributed by atoms with E-state index in [-0.39, 0.29) is 24.4 Å². The van der Waals surface area contributed by atoms with Crippen molar-refractivity contribution in [2.45, 2.75) is 53.0 Å². The Kier molecular flexibility index (Phi) is 6.40. The Balaban J connectivity index is 2.14. The molecule has 6 heteroatoms. The molecular formula is C20H28N2O4. The highest BCUT2D eigenvalue weighted by Crippen LogP contribution is 2.22. The Labute approximate surface area is 154 Å². The van der Waals surface area contributed by atoms with Gasteiger partial charge in [-0.3, -0.25) is 14.4 Å². The Morgan fingerprint density at radius 1 is 1.12 bits per heavy atom. The summed E-state index contributed by atoms with van der Waals surface area (Å²) in [7, 11) is 0. The van der Waals surface area contributed by atoms with E-state index in [4.69, 9.17) is 5.11 Å². The average molecular weight is 360 g/mol. The van der Waals surface area contributed by atoms with Crippen LogP contribution in [0.5, 0.6) is 0 Å². The maximum atomic E-state index is 13.0. The molecule has 0 aromatic heterocycles. The quantitative estimate of drug-likeness (QED) is 0.895. The first-order chi connectivity index (χ1) is 12.2. The zero-order chi connectivity index (χ0) is 19.4. The van der Waals surface area contributed by atoms with Gasteiger partial charge >= 0.3 is 5.97 Å². The number of amides is 2. The number of aliphatic carboxylic acids is 1. The second-order valence-electron chi connectivity index (χ2n) is 7.19. The van der Waals surface area contributed by atoms with Gasteiger partial charge in [0.15, 0.2) is 0 Å². The number of benzene rings is 1. The SMILES string of the molecule is CC(=O)N(CC(=O)O)C1CCCN(C(=O)c2c(C)cc(C)cc2C)CC1. The maximum absolute atomic E-state index is 13.0. The lowest BCUT2D eigenvalue weighted by Crippen LogP contribution is -2.43. The lowest BCUT2D eigenvalue weighted by molar-refractivity contribution is -0.145. The number of carboxylic acids is 1. The van der Waals surface area contributed by atoms with E-state index in [0.717, 1.165) is 28.7 Å². The van der Waals surface area contributed by atoms with Crippen LogP contribution in [0.4, 0.5) is 0 Å². The summed E-state index contributed by atoms with van der Waals surface area (Å²) in [5, 5.41) is 9.05. The fourth-order valence-electron chi connectivity index (χ4n) is 3.91. The molecule has 0 aliphatic carbocycles. The first kappa shape index (κ1) is 19.9. The van der Waals surface area contributed by atoms with Crippen molar-refractivity contribution >= 4 is 17.8 Å². The third kappa shape index (κ3) is 4.62. The minimum absolute atomic E-state index is 0.0215. The number of hydrogen-bond acceptors (Lipinski definition) is 3. The predicted octanol–water partition coefficient (Wildman–Crippen LogP) is 2.54. The van der Waals surface area contributed by atoms with Crippen molar-refractivity contribution in [1.29, 1.82) is 0 Å². The summed E-state index contributed by atoms with van der Waals surface area (Å²) in [5.74, 6) is -1.22. The summed E-state index contributed by atoms with van der Waals surface area (Å²) in [6.45, 7) is 8.19. The van der Waals surface area contributed by atoms with Gasteiger partial charge in [0.25, 0.3) is 5.91 Å². The summed E-state index contributed by atoms with van der Waals surface area (Å²) in [5.41, 5.74) is 3.84. The van der Waals surface area contributed by atoms with E-state index in [0.29, 0.717) is 25.9 Å². The highest BCUT2D eigenvalue weighted by Gasteiger charge is 2.28. The number of carboxylic acid groups (broad SMARTS) is 1. The van der Waals surface area contributed by atoms with Gasteiger partial charge in [0.05, 0.1) is 0 Å². The first-order valence-electron chi connectivity index (χ1n) is 9.06. The van der Waals surface area contributed by atoms with Gasteiger partial charge in [-0.15, -0.1) is 0 Å². The van der Waals surface area contributed by atoms with E-state index in [2.05, 4.69) is 0 Å². The summed E-state index contributed by atoms with van der Waals surface area (Å²) < 4.78 is 0. The number of carbonyl (C=O) groups excluding carboxylic acids is 2. The van der Waals surface area contributed by atoms with E-state index in [1.165, 1.54) is 11.8 Å². The second kappa shape index (κ2) is 8.34. The molecule has 1 saturated heterocycles. The number of aryl methyl sites for hydroxylation is 3.